The summed E-state index contributed by atoms with van der Waals surface area (Å²) in [6, 6.07) is 11.5. The fourth-order valence-corrected chi connectivity index (χ4v) is 1.56. The number of hydrogen-bond donors (Lipinski definition) is 0. The molecule has 0 aromatic heterocycles. The van der Waals surface area contributed by atoms with Crippen LogP contribution in [0, 0.1) is 5.82 Å². The van der Waals surface area contributed by atoms with Gasteiger partial charge in [-0.05, 0) is 17.7 Å². The third-order valence-corrected chi connectivity index (χ3v) is 2.57. The summed E-state index contributed by atoms with van der Waals surface area (Å²) in [6.45, 7) is 0. The van der Waals surface area contributed by atoms with Crippen LogP contribution in [0.1, 0.15) is 5.56 Å². The highest BCUT2D eigenvalue weighted by molar-refractivity contribution is 5.82. The van der Waals surface area contributed by atoms with Gasteiger partial charge in [0.2, 0.25) is 0 Å². The Hall–Kier alpha value is -2.36. The lowest BCUT2D eigenvalue weighted by Crippen LogP contribution is -1.87. The largest absolute Gasteiger partial charge is 0.497 e. The number of halogens is 1. The van der Waals surface area contributed by atoms with E-state index >= 15 is 0 Å². The number of aliphatic imine (C=N–C) groups is 1. The Kier molecular flexibility index (Phi) is 4.13. The minimum absolute atomic E-state index is 0.264. The number of methoxy groups -OCH3 is 2. The van der Waals surface area contributed by atoms with Crippen molar-refractivity contribution in [1.29, 1.82) is 0 Å². The first kappa shape index (κ1) is 13.1. The van der Waals surface area contributed by atoms with Gasteiger partial charge in [0.25, 0.3) is 0 Å². The summed E-state index contributed by atoms with van der Waals surface area (Å²) in [6.07, 6.45) is 1.66. The van der Waals surface area contributed by atoms with Crippen LogP contribution in [-0.2, 0) is 0 Å². The standard InChI is InChI=1S/C15H14FNO2/c1-18-14-7-13(8-15(9-14)19-2)17-10-11-3-5-12(16)6-4-11/h3-10H,1-2H3/b17-10+. The molecule has 0 atom stereocenters. The fourth-order valence-electron chi connectivity index (χ4n) is 1.56. The second kappa shape index (κ2) is 6.00. The van der Waals surface area contributed by atoms with Crippen molar-refractivity contribution in [2.45, 2.75) is 0 Å². The zero-order valence-corrected chi connectivity index (χ0v) is 10.8. The average molecular weight is 259 g/mol. The van der Waals surface area contributed by atoms with Gasteiger partial charge in [0.05, 0.1) is 19.9 Å². The van der Waals surface area contributed by atoms with Crippen LogP contribution in [0.2, 0.25) is 0 Å². The molecule has 98 valence electrons. The first-order valence-corrected chi connectivity index (χ1v) is 5.74. The van der Waals surface area contributed by atoms with Gasteiger partial charge in [-0.3, -0.25) is 4.99 Å². The Balaban J connectivity index is 2.24. The molecule has 0 amide bonds. The second-order valence-electron chi connectivity index (χ2n) is 3.88. The molecule has 19 heavy (non-hydrogen) atoms. The number of benzene rings is 2. The molecule has 4 heteroatoms. The molecule has 2 aromatic rings. The molecule has 0 radical (unpaired) electrons. The number of hydrogen-bond acceptors (Lipinski definition) is 3. The molecule has 0 spiro atoms. The summed E-state index contributed by atoms with van der Waals surface area (Å²) in [4.78, 5) is 4.32. The van der Waals surface area contributed by atoms with E-state index in [1.165, 1.54) is 12.1 Å². The van der Waals surface area contributed by atoms with E-state index in [4.69, 9.17) is 9.47 Å². The first-order valence-electron chi connectivity index (χ1n) is 5.74. The lowest BCUT2D eigenvalue weighted by atomic mass is 10.2. The van der Waals surface area contributed by atoms with Gasteiger partial charge in [-0.15, -0.1) is 0 Å². The Morgan fingerprint density at radius 1 is 0.947 bits per heavy atom. The highest BCUT2D eigenvalue weighted by Gasteiger charge is 2.00. The molecule has 0 bridgehead atoms. The van der Waals surface area contributed by atoms with Gasteiger partial charge in [0, 0.05) is 24.4 Å². The van der Waals surface area contributed by atoms with Crippen LogP contribution in [0.15, 0.2) is 47.5 Å². The monoisotopic (exact) mass is 259 g/mol. The number of nitrogens with zero attached hydrogens (tertiary/aromatic N) is 1. The topological polar surface area (TPSA) is 30.8 Å². The number of rotatable bonds is 4. The lowest BCUT2D eigenvalue weighted by molar-refractivity contribution is 0.394. The molecule has 2 rings (SSSR count). The number of ether oxygens (including phenoxy) is 2. The van der Waals surface area contributed by atoms with E-state index in [9.17, 15) is 4.39 Å². The van der Waals surface area contributed by atoms with Gasteiger partial charge in [-0.2, -0.15) is 0 Å². The van der Waals surface area contributed by atoms with Gasteiger partial charge in [-0.1, -0.05) is 12.1 Å². The van der Waals surface area contributed by atoms with E-state index in [0.717, 1.165) is 5.56 Å². The molecular formula is C15H14FNO2. The van der Waals surface area contributed by atoms with E-state index in [1.807, 2.05) is 0 Å². The molecule has 0 unspecified atom stereocenters. The molecule has 0 N–H and O–H groups in total. The lowest BCUT2D eigenvalue weighted by Gasteiger charge is -2.05. The van der Waals surface area contributed by atoms with Crippen LogP contribution in [0.4, 0.5) is 10.1 Å². The summed E-state index contributed by atoms with van der Waals surface area (Å²) in [5.74, 6) is 1.08. The third kappa shape index (κ3) is 3.55. The zero-order chi connectivity index (χ0) is 13.7. The molecule has 0 aliphatic carbocycles. The Labute approximate surface area is 111 Å². The van der Waals surface area contributed by atoms with E-state index < -0.39 is 0 Å². The molecule has 0 heterocycles. The molecule has 0 fully saturated rings. The normalized spacial score (nSPS) is 10.7. The van der Waals surface area contributed by atoms with Crippen molar-refractivity contribution in [1.82, 2.24) is 0 Å². The van der Waals surface area contributed by atoms with Crippen molar-refractivity contribution in [3.05, 3.63) is 53.8 Å². The van der Waals surface area contributed by atoms with Crippen molar-refractivity contribution >= 4 is 11.9 Å². The van der Waals surface area contributed by atoms with Crippen molar-refractivity contribution in [3.63, 3.8) is 0 Å². The van der Waals surface area contributed by atoms with Gasteiger partial charge >= 0.3 is 0 Å². The minimum Gasteiger partial charge on any atom is -0.497 e. The zero-order valence-electron chi connectivity index (χ0n) is 10.8. The van der Waals surface area contributed by atoms with Crippen molar-refractivity contribution in [3.8, 4) is 11.5 Å². The summed E-state index contributed by atoms with van der Waals surface area (Å²) >= 11 is 0. The fraction of sp³-hybridized carbons (Fsp3) is 0.133. The van der Waals surface area contributed by atoms with Crippen LogP contribution in [0.5, 0.6) is 11.5 Å². The summed E-state index contributed by atoms with van der Waals surface area (Å²) in [5, 5.41) is 0. The summed E-state index contributed by atoms with van der Waals surface area (Å²) < 4.78 is 23.1. The van der Waals surface area contributed by atoms with Gasteiger partial charge in [0.1, 0.15) is 17.3 Å². The average Bonchev–Trinajstić information content (AvgIpc) is 2.46. The molecule has 3 nitrogen and oxygen atoms in total. The van der Waals surface area contributed by atoms with Crippen LogP contribution < -0.4 is 9.47 Å². The van der Waals surface area contributed by atoms with E-state index in [-0.39, 0.29) is 5.82 Å². The van der Waals surface area contributed by atoms with Gasteiger partial charge < -0.3 is 9.47 Å². The Morgan fingerprint density at radius 3 is 2.05 bits per heavy atom. The predicted octanol–water partition coefficient (Wildman–Crippen LogP) is 3.59. The van der Waals surface area contributed by atoms with Crippen LogP contribution in [-0.4, -0.2) is 20.4 Å². The Bertz CT molecular complexity index is 557. The van der Waals surface area contributed by atoms with Crippen LogP contribution in [0.3, 0.4) is 0 Å². The minimum atomic E-state index is -0.264. The molecule has 0 aliphatic rings. The molecule has 0 saturated heterocycles. The molecule has 2 aromatic carbocycles. The Morgan fingerprint density at radius 2 is 1.53 bits per heavy atom. The predicted molar refractivity (Wildman–Crippen MR) is 73.2 cm³/mol. The quantitative estimate of drug-likeness (QED) is 0.785. The maximum absolute atomic E-state index is 12.8. The SMILES string of the molecule is COc1cc(/N=C/c2ccc(F)cc2)cc(OC)c1. The van der Waals surface area contributed by atoms with E-state index in [0.29, 0.717) is 17.2 Å². The first-order chi connectivity index (χ1) is 9.21. The summed E-state index contributed by atoms with van der Waals surface area (Å²) in [7, 11) is 3.17. The van der Waals surface area contributed by atoms with Crippen molar-refractivity contribution in [2.75, 3.05) is 14.2 Å². The van der Waals surface area contributed by atoms with E-state index in [1.54, 1.807) is 50.8 Å². The van der Waals surface area contributed by atoms with E-state index in [2.05, 4.69) is 4.99 Å². The molecule has 0 saturated carbocycles. The van der Waals surface area contributed by atoms with Gasteiger partial charge in [0.15, 0.2) is 0 Å². The molecule has 0 aliphatic heterocycles. The highest BCUT2D eigenvalue weighted by Crippen LogP contribution is 2.27. The maximum Gasteiger partial charge on any atom is 0.124 e. The van der Waals surface area contributed by atoms with Gasteiger partial charge in [-0.25, -0.2) is 4.39 Å². The third-order valence-electron chi connectivity index (χ3n) is 2.57. The van der Waals surface area contributed by atoms with Crippen LogP contribution >= 0.6 is 0 Å². The van der Waals surface area contributed by atoms with Crippen LogP contribution in [0.25, 0.3) is 0 Å². The second-order valence-corrected chi connectivity index (χ2v) is 3.88. The van der Waals surface area contributed by atoms with Crippen molar-refractivity contribution in [2.24, 2.45) is 4.99 Å². The highest BCUT2D eigenvalue weighted by atomic mass is 19.1. The smallest absolute Gasteiger partial charge is 0.124 e. The van der Waals surface area contributed by atoms with Crippen molar-refractivity contribution < 1.29 is 13.9 Å². The molecular weight excluding hydrogens is 245 g/mol. The maximum atomic E-state index is 12.8. The summed E-state index contributed by atoms with van der Waals surface area (Å²) in [5.41, 5.74) is 1.53.